The van der Waals surface area contributed by atoms with E-state index in [2.05, 4.69) is 10.9 Å². The van der Waals surface area contributed by atoms with Gasteiger partial charge in [-0.3, -0.25) is 9.36 Å². The van der Waals surface area contributed by atoms with Gasteiger partial charge < -0.3 is 15.0 Å². The van der Waals surface area contributed by atoms with Crippen LogP contribution in [0.3, 0.4) is 0 Å². The Morgan fingerprint density at radius 2 is 2.21 bits per heavy atom. The fraction of sp³-hybridized carbons (Fsp3) is 0.294. The van der Waals surface area contributed by atoms with Crippen molar-refractivity contribution in [2.45, 2.75) is 33.4 Å². The number of amides is 1. The zero-order valence-corrected chi connectivity index (χ0v) is 13.8. The Bertz CT molecular complexity index is 817. The van der Waals surface area contributed by atoms with Crippen LogP contribution in [-0.2, 0) is 11.3 Å². The van der Waals surface area contributed by atoms with E-state index in [-0.39, 0.29) is 24.3 Å². The number of rotatable bonds is 5. The Labute approximate surface area is 140 Å². The second kappa shape index (κ2) is 6.96. The third-order valence-electron chi connectivity index (χ3n) is 3.53. The first-order chi connectivity index (χ1) is 11.3. The van der Waals surface area contributed by atoms with Gasteiger partial charge in [-0.1, -0.05) is 12.0 Å². The topological polar surface area (TPSA) is 81.3 Å². The molecule has 124 valence electrons. The van der Waals surface area contributed by atoms with Crippen LogP contribution in [0.15, 0.2) is 30.5 Å². The summed E-state index contributed by atoms with van der Waals surface area (Å²) in [6, 6.07) is 7.06. The number of benzene rings is 1. The van der Waals surface area contributed by atoms with Crippen LogP contribution < -0.4 is 4.90 Å². The molecule has 1 amide bonds. The van der Waals surface area contributed by atoms with E-state index in [0.29, 0.717) is 17.1 Å². The molecule has 0 aliphatic heterocycles. The van der Waals surface area contributed by atoms with E-state index in [4.69, 9.17) is 6.42 Å². The van der Waals surface area contributed by atoms with Crippen molar-refractivity contribution in [3.63, 3.8) is 0 Å². The zero-order valence-electron chi connectivity index (χ0n) is 13.8. The average molecular weight is 326 g/mol. The van der Waals surface area contributed by atoms with Gasteiger partial charge in [0.2, 0.25) is 11.7 Å². The number of nitrogens with zero attached hydrogens (tertiary/aromatic N) is 4. The predicted molar refractivity (Wildman–Crippen MR) is 90.6 cm³/mol. The summed E-state index contributed by atoms with van der Waals surface area (Å²) in [6.45, 7) is 5.37. The second-order valence-electron chi connectivity index (χ2n) is 5.58. The fourth-order valence-electron chi connectivity index (χ4n) is 2.44. The number of carbonyl (C=O) groups excluding carboxylic acids is 1. The summed E-state index contributed by atoms with van der Waals surface area (Å²) in [5.74, 6) is 2.49. The number of anilines is 1. The second-order valence-corrected chi connectivity index (χ2v) is 5.58. The van der Waals surface area contributed by atoms with E-state index in [1.165, 1.54) is 10.8 Å². The molecule has 0 bridgehead atoms. The highest BCUT2D eigenvalue weighted by Crippen LogP contribution is 2.20. The lowest BCUT2D eigenvalue weighted by molar-refractivity contribution is -0.389. The lowest BCUT2D eigenvalue weighted by atomic mass is 10.1. The van der Waals surface area contributed by atoms with Crippen molar-refractivity contribution in [2.24, 2.45) is 0 Å². The van der Waals surface area contributed by atoms with Crippen molar-refractivity contribution in [2.75, 3.05) is 4.90 Å². The molecular weight excluding hydrogens is 308 g/mol. The van der Waals surface area contributed by atoms with Gasteiger partial charge >= 0.3 is 5.82 Å². The molecule has 2 aromatic rings. The van der Waals surface area contributed by atoms with Crippen molar-refractivity contribution in [1.82, 2.24) is 9.55 Å². The number of hydrogen-bond donors (Lipinski definition) is 0. The van der Waals surface area contributed by atoms with Crippen LogP contribution in [0, 0.1) is 29.4 Å². The average Bonchev–Trinajstić information content (AvgIpc) is 2.88. The van der Waals surface area contributed by atoms with Gasteiger partial charge in [0.05, 0.1) is 0 Å². The van der Waals surface area contributed by atoms with Crippen LogP contribution in [-0.4, -0.2) is 26.4 Å². The third kappa shape index (κ3) is 3.60. The quantitative estimate of drug-likeness (QED) is 0.480. The van der Waals surface area contributed by atoms with Gasteiger partial charge in [-0.05, 0) is 42.0 Å². The number of imidazole rings is 1. The molecule has 0 atom stereocenters. The maximum Gasteiger partial charge on any atom is 0.381 e. The molecule has 24 heavy (non-hydrogen) atoms. The van der Waals surface area contributed by atoms with Crippen molar-refractivity contribution in [1.29, 1.82) is 0 Å². The molecule has 0 aliphatic carbocycles. The van der Waals surface area contributed by atoms with Gasteiger partial charge in [0.1, 0.15) is 12.7 Å². The monoisotopic (exact) mass is 326 g/mol. The minimum absolute atomic E-state index is 0.0366. The highest BCUT2D eigenvalue weighted by Gasteiger charge is 2.23. The highest BCUT2D eigenvalue weighted by atomic mass is 16.6. The van der Waals surface area contributed by atoms with Crippen LogP contribution in [0.4, 0.5) is 11.5 Å². The van der Waals surface area contributed by atoms with Gasteiger partial charge in [0, 0.05) is 24.2 Å². The molecule has 0 spiro atoms. The summed E-state index contributed by atoms with van der Waals surface area (Å²) in [5.41, 5.74) is 1.37. The molecule has 0 radical (unpaired) electrons. The Morgan fingerprint density at radius 3 is 2.75 bits per heavy atom. The Hall–Kier alpha value is -3.14. The van der Waals surface area contributed by atoms with Crippen LogP contribution in [0.1, 0.15) is 25.2 Å². The van der Waals surface area contributed by atoms with Gasteiger partial charge in [-0.15, -0.1) is 6.42 Å². The Kier molecular flexibility index (Phi) is 4.99. The van der Waals surface area contributed by atoms with Crippen LogP contribution >= 0.6 is 0 Å². The summed E-state index contributed by atoms with van der Waals surface area (Å²) in [7, 11) is 0. The molecule has 7 heteroatoms. The van der Waals surface area contributed by atoms with E-state index >= 15 is 0 Å². The third-order valence-corrected chi connectivity index (χ3v) is 3.53. The largest absolute Gasteiger partial charge is 0.381 e. The molecule has 0 saturated carbocycles. The standard InChI is InChI=1S/C17H18N4O3/c1-5-14-7-6-8-15(9-14)20(12(2)3)17(22)11-19-10-16(21(23)24)18-13(19)4/h1,6-10,12H,11H2,2-4H3. The molecule has 0 fully saturated rings. The van der Waals surface area contributed by atoms with Crippen molar-refractivity contribution in [3.8, 4) is 12.3 Å². The minimum Gasteiger partial charge on any atom is -0.358 e. The molecule has 1 aromatic heterocycles. The highest BCUT2D eigenvalue weighted by molar-refractivity contribution is 5.94. The fourth-order valence-corrected chi connectivity index (χ4v) is 2.44. The molecule has 1 heterocycles. The van der Waals surface area contributed by atoms with Gasteiger partial charge in [0.15, 0.2) is 0 Å². The van der Waals surface area contributed by atoms with Crippen molar-refractivity contribution >= 4 is 17.4 Å². The summed E-state index contributed by atoms with van der Waals surface area (Å²) in [4.78, 5) is 28.4. The summed E-state index contributed by atoms with van der Waals surface area (Å²) >= 11 is 0. The molecule has 0 unspecified atom stereocenters. The lowest BCUT2D eigenvalue weighted by Gasteiger charge is -2.27. The van der Waals surface area contributed by atoms with Crippen LogP contribution in [0.5, 0.6) is 0 Å². The van der Waals surface area contributed by atoms with E-state index < -0.39 is 4.92 Å². The maximum atomic E-state index is 12.7. The number of aromatic nitrogens is 2. The number of hydrogen-bond acceptors (Lipinski definition) is 4. The maximum absolute atomic E-state index is 12.7. The van der Waals surface area contributed by atoms with Crippen LogP contribution in [0.2, 0.25) is 0 Å². The SMILES string of the molecule is C#Cc1cccc(N(C(=O)Cn2cc([N+](=O)[O-])nc2C)C(C)C)c1. The number of terminal acetylenes is 1. The Morgan fingerprint density at radius 1 is 1.50 bits per heavy atom. The van der Waals surface area contributed by atoms with E-state index in [1.54, 1.807) is 30.0 Å². The Balaban J connectivity index is 2.30. The van der Waals surface area contributed by atoms with E-state index in [0.717, 1.165) is 0 Å². The van der Waals surface area contributed by atoms with Gasteiger partial charge in [-0.25, -0.2) is 0 Å². The molecule has 2 rings (SSSR count). The molecule has 0 saturated heterocycles. The molecule has 1 aromatic carbocycles. The summed E-state index contributed by atoms with van der Waals surface area (Å²) < 4.78 is 1.47. The van der Waals surface area contributed by atoms with Gasteiger partial charge in [-0.2, -0.15) is 0 Å². The zero-order chi connectivity index (χ0) is 17.9. The molecular formula is C17H18N4O3. The minimum atomic E-state index is -0.579. The summed E-state index contributed by atoms with van der Waals surface area (Å²) in [5, 5.41) is 10.8. The van der Waals surface area contributed by atoms with E-state index in [9.17, 15) is 14.9 Å². The predicted octanol–water partition coefficient (Wildman–Crippen LogP) is 2.52. The van der Waals surface area contributed by atoms with Crippen molar-refractivity contribution < 1.29 is 9.72 Å². The smallest absolute Gasteiger partial charge is 0.358 e. The first kappa shape index (κ1) is 17.2. The summed E-state index contributed by atoms with van der Waals surface area (Å²) in [6.07, 6.45) is 6.68. The van der Waals surface area contributed by atoms with Crippen molar-refractivity contribution in [3.05, 3.63) is 52.0 Å². The first-order valence-corrected chi connectivity index (χ1v) is 7.40. The first-order valence-electron chi connectivity index (χ1n) is 7.40. The molecule has 0 aliphatic rings. The normalized spacial score (nSPS) is 10.5. The van der Waals surface area contributed by atoms with E-state index in [1.807, 2.05) is 19.9 Å². The molecule has 0 N–H and O–H groups in total. The number of nitro groups is 1. The van der Waals surface area contributed by atoms with Crippen LogP contribution in [0.25, 0.3) is 0 Å². The molecule has 7 nitrogen and oxygen atoms in total. The number of aryl methyl sites for hydroxylation is 1. The number of carbonyl (C=O) groups is 1. The van der Waals surface area contributed by atoms with Gasteiger partial charge in [0.25, 0.3) is 0 Å². The lowest BCUT2D eigenvalue weighted by Crippen LogP contribution is -2.39.